The van der Waals surface area contributed by atoms with Crippen LogP contribution in [0.1, 0.15) is 66.1 Å². The van der Waals surface area contributed by atoms with Gasteiger partial charge < -0.3 is 15.0 Å². The van der Waals surface area contributed by atoms with Gasteiger partial charge in [-0.25, -0.2) is 0 Å². The fourth-order valence-electron chi connectivity index (χ4n) is 5.52. The quantitative estimate of drug-likeness (QED) is 0.320. The molecule has 1 aliphatic rings. The van der Waals surface area contributed by atoms with Gasteiger partial charge in [0.25, 0.3) is 5.91 Å². The van der Waals surface area contributed by atoms with Crippen LogP contribution < -0.4 is 15.8 Å². The number of nitrogens with zero attached hydrogens (tertiary/aromatic N) is 2. The van der Waals surface area contributed by atoms with Gasteiger partial charge in [-0.1, -0.05) is 44.7 Å². The Morgan fingerprint density at radius 1 is 1.14 bits per heavy atom. The van der Waals surface area contributed by atoms with Crippen molar-refractivity contribution in [1.29, 1.82) is 0 Å². The third-order valence-corrected chi connectivity index (χ3v) is 7.97. The van der Waals surface area contributed by atoms with Crippen LogP contribution in [0.3, 0.4) is 0 Å². The van der Waals surface area contributed by atoms with Gasteiger partial charge in [0, 0.05) is 56.8 Å². The number of nitrogens with one attached hydrogen (secondary N) is 1. The Morgan fingerprint density at radius 2 is 1.83 bits per heavy atom. The Morgan fingerprint density at radius 3 is 2.48 bits per heavy atom. The molecule has 5 nitrogen and oxygen atoms in total. The summed E-state index contributed by atoms with van der Waals surface area (Å²) in [5.41, 5.74) is 2.55. The molecule has 0 aliphatic carbocycles. The van der Waals surface area contributed by atoms with Crippen LogP contribution in [0.2, 0.25) is 0 Å². The van der Waals surface area contributed by atoms with Crippen molar-refractivity contribution < 1.29 is 22.7 Å². The van der Waals surface area contributed by atoms with E-state index in [-0.39, 0.29) is 5.91 Å². The average molecular weight is 586 g/mol. The summed E-state index contributed by atoms with van der Waals surface area (Å²) in [7, 11) is 2.05. The number of carbonyl (C=O) groups is 1. The van der Waals surface area contributed by atoms with Gasteiger partial charge in [-0.2, -0.15) is 13.2 Å². The van der Waals surface area contributed by atoms with Gasteiger partial charge in [0.2, 0.25) is 0 Å². The highest BCUT2D eigenvalue weighted by atomic mass is 19.4. The van der Waals surface area contributed by atoms with Crippen LogP contribution >= 0.6 is 0 Å². The summed E-state index contributed by atoms with van der Waals surface area (Å²) in [6, 6.07) is 9.01. The third kappa shape index (κ3) is 10.0. The molecule has 3 rings (SSSR count). The smallest absolute Gasteiger partial charge is 0.380 e. The number of hydrogen-bond acceptors (Lipinski definition) is 4. The Labute approximate surface area is 248 Å². The number of morpholine rings is 1. The molecule has 8 heteroatoms. The van der Waals surface area contributed by atoms with Crippen LogP contribution in [0.25, 0.3) is 18.4 Å². The van der Waals surface area contributed by atoms with Crippen LogP contribution in [0.5, 0.6) is 0 Å². The lowest BCUT2D eigenvalue weighted by molar-refractivity contribution is -0.137. The third-order valence-electron chi connectivity index (χ3n) is 7.97. The van der Waals surface area contributed by atoms with E-state index < -0.39 is 11.7 Å². The number of benzene rings is 2. The van der Waals surface area contributed by atoms with Crippen LogP contribution in [0, 0.1) is 12.8 Å². The molecule has 1 saturated heterocycles. The number of halogens is 3. The summed E-state index contributed by atoms with van der Waals surface area (Å²) in [5, 5.41) is 4.90. The number of ether oxygens (including phenoxy) is 1. The Hall–Kier alpha value is -3.10. The highest BCUT2D eigenvalue weighted by molar-refractivity contribution is 5.95. The van der Waals surface area contributed by atoms with Crippen molar-refractivity contribution in [2.75, 3.05) is 53.0 Å². The van der Waals surface area contributed by atoms with E-state index in [2.05, 4.69) is 48.4 Å². The molecule has 1 unspecified atom stereocenters. The first-order valence-electron chi connectivity index (χ1n) is 14.9. The number of carbonyl (C=O) groups excluding carboxylic acids is 1. The minimum absolute atomic E-state index is 0.0739. The maximum atomic E-state index is 13.0. The Bertz CT molecular complexity index is 1280. The van der Waals surface area contributed by atoms with E-state index in [1.165, 1.54) is 12.1 Å². The molecule has 2 aromatic carbocycles. The molecule has 42 heavy (non-hydrogen) atoms. The minimum Gasteiger partial charge on any atom is -0.380 e. The summed E-state index contributed by atoms with van der Waals surface area (Å²) >= 11 is 0. The number of rotatable bonds is 14. The van der Waals surface area contributed by atoms with E-state index in [1.54, 1.807) is 0 Å². The van der Waals surface area contributed by atoms with Gasteiger partial charge in [-0.15, -0.1) is 0 Å². The second-order valence-corrected chi connectivity index (χ2v) is 11.3. The van der Waals surface area contributed by atoms with Crippen molar-refractivity contribution in [3.05, 3.63) is 75.7 Å². The van der Waals surface area contributed by atoms with E-state index in [0.717, 1.165) is 111 Å². The fraction of sp³-hybridized carbons (Fsp3) is 0.500. The van der Waals surface area contributed by atoms with Gasteiger partial charge in [-0.3, -0.25) is 9.69 Å². The number of allylic oxidation sites excluding steroid dienone is 1. The van der Waals surface area contributed by atoms with Crippen molar-refractivity contribution in [3.63, 3.8) is 0 Å². The van der Waals surface area contributed by atoms with Crippen LogP contribution in [0.4, 0.5) is 13.2 Å². The monoisotopic (exact) mass is 585 g/mol. The molecule has 0 aromatic heterocycles. The predicted octanol–water partition coefficient (Wildman–Crippen LogP) is 5.46. The highest BCUT2D eigenvalue weighted by Gasteiger charge is 2.30. The first kappa shape index (κ1) is 33.4. The molecule has 1 aliphatic heterocycles. The maximum absolute atomic E-state index is 13.0. The van der Waals surface area contributed by atoms with Gasteiger partial charge >= 0.3 is 6.18 Å². The van der Waals surface area contributed by atoms with Gasteiger partial charge in [0.15, 0.2) is 0 Å². The largest absolute Gasteiger partial charge is 0.416 e. The van der Waals surface area contributed by atoms with Crippen molar-refractivity contribution in [3.8, 4) is 0 Å². The molecule has 1 amide bonds. The zero-order valence-electron chi connectivity index (χ0n) is 25.4. The molecule has 2 aromatic rings. The molecular weight excluding hydrogens is 539 g/mol. The molecule has 0 saturated carbocycles. The van der Waals surface area contributed by atoms with Crippen molar-refractivity contribution in [2.24, 2.45) is 5.92 Å². The lowest BCUT2D eigenvalue weighted by Gasteiger charge is -2.26. The van der Waals surface area contributed by atoms with Crippen molar-refractivity contribution in [1.82, 2.24) is 15.1 Å². The van der Waals surface area contributed by atoms with E-state index in [9.17, 15) is 18.0 Å². The lowest BCUT2D eigenvalue weighted by Crippen LogP contribution is -2.41. The van der Waals surface area contributed by atoms with E-state index >= 15 is 0 Å². The minimum atomic E-state index is -4.33. The van der Waals surface area contributed by atoms with Crippen molar-refractivity contribution >= 4 is 24.3 Å². The topological polar surface area (TPSA) is 44.8 Å². The van der Waals surface area contributed by atoms with E-state index in [4.69, 9.17) is 4.74 Å². The van der Waals surface area contributed by atoms with Gasteiger partial charge in [0.05, 0.1) is 18.8 Å². The summed E-state index contributed by atoms with van der Waals surface area (Å²) in [6.07, 6.45) is 2.55. The molecule has 0 bridgehead atoms. The number of hydrogen-bond donors (Lipinski definition) is 1. The SMILES string of the molecule is C=C(CCCC(CCC)CN(C)/C=c1/c(C)c(C(=O)NCCN2CCOCC2)ccc1=C)c1ccc(C(F)(F)F)cc1. The Kier molecular flexibility index (Phi) is 12.7. The Balaban J connectivity index is 1.57. The van der Waals surface area contributed by atoms with Crippen LogP contribution in [-0.2, 0) is 10.9 Å². The molecule has 0 radical (unpaired) electrons. The molecular formula is C34H46F3N3O2. The normalized spacial score (nSPS) is 15.4. The average Bonchev–Trinajstić information content (AvgIpc) is 2.95. The maximum Gasteiger partial charge on any atom is 0.416 e. The number of amides is 1. The van der Waals surface area contributed by atoms with Crippen LogP contribution in [0.15, 0.2) is 43.0 Å². The first-order chi connectivity index (χ1) is 20.0. The zero-order chi connectivity index (χ0) is 30.7. The lowest BCUT2D eigenvalue weighted by atomic mass is 9.93. The van der Waals surface area contributed by atoms with Crippen molar-refractivity contribution in [2.45, 2.75) is 52.1 Å². The standard InChI is InChI=1S/C34H46F3N3O2/c1-6-8-28(10-7-9-25(2)29-12-14-30(15-13-29)34(35,36)37)23-39(5)24-32-26(3)11-16-31(27(32)4)33(41)38-17-18-40-19-21-42-22-20-40/h11-16,24,28H,2-3,6-10,17-23H2,1,4-5H3,(H,38,41)/b32-24+. The first-order valence-corrected chi connectivity index (χ1v) is 14.9. The van der Waals surface area contributed by atoms with Crippen LogP contribution in [-0.4, -0.2) is 68.7 Å². The van der Waals surface area contributed by atoms with E-state index in [0.29, 0.717) is 18.0 Å². The second kappa shape index (κ2) is 15.9. The predicted molar refractivity (Wildman–Crippen MR) is 165 cm³/mol. The highest BCUT2D eigenvalue weighted by Crippen LogP contribution is 2.31. The summed E-state index contributed by atoms with van der Waals surface area (Å²) in [5.74, 6) is 0.382. The molecule has 1 N–H and O–H groups in total. The van der Waals surface area contributed by atoms with Gasteiger partial charge in [0.1, 0.15) is 0 Å². The summed E-state index contributed by atoms with van der Waals surface area (Å²) < 4.78 is 44.0. The summed E-state index contributed by atoms with van der Waals surface area (Å²) in [6.45, 7) is 18.0. The molecule has 230 valence electrons. The van der Waals surface area contributed by atoms with Gasteiger partial charge in [-0.05, 0) is 78.6 Å². The molecule has 0 spiro atoms. The fourth-order valence-corrected chi connectivity index (χ4v) is 5.52. The van der Waals surface area contributed by atoms with E-state index in [1.807, 2.05) is 19.1 Å². The molecule has 1 heterocycles. The molecule has 1 fully saturated rings. The summed E-state index contributed by atoms with van der Waals surface area (Å²) in [4.78, 5) is 17.5. The molecule has 1 atom stereocenters. The second-order valence-electron chi connectivity index (χ2n) is 11.3. The number of alkyl halides is 3. The zero-order valence-corrected chi connectivity index (χ0v) is 25.4.